The van der Waals surface area contributed by atoms with Crippen molar-refractivity contribution in [3.05, 3.63) is 70.8 Å². The van der Waals surface area contributed by atoms with Gasteiger partial charge >= 0.3 is 12.4 Å². The number of hydrogen-bond donors (Lipinski definition) is 2. The molecule has 31 heavy (non-hydrogen) atoms. The summed E-state index contributed by atoms with van der Waals surface area (Å²) in [6, 6.07) is 9.40. The van der Waals surface area contributed by atoms with Crippen molar-refractivity contribution in [2.24, 2.45) is 5.73 Å². The fourth-order valence-electron chi connectivity index (χ4n) is 3.54. The number of nitrogens with one attached hydrogen (secondary N) is 1. The van der Waals surface area contributed by atoms with Crippen LogP contribution in [0.3, 0.4) is 0 Å². The number of halogens is 6. The van der Waals surface area contributed by atoms with Crippen molar-refractivity contribution in [2.75, 3.05) is 6.61 Å². The van der Waals surface area contributed by atoms with Crippen molar-refractivity contribution in [1.29, 1.82) is 0 Å². The minimum Gasteiger partial charge on any atom is -0.374 e. The summed E-state index contributed by atoms with van der Waals surface area (Å²) in [4.78, 5) is 12.2. The van der Waals surface area contributed by atoms with Gasteiger partial charge < -0.3 is 15.8 Å². The Morgan fingerprint density at radius 1 is 1.00 bits per heavy atom. The van der Waals surface area contributed by atoms with Crippen molar-refractivity contribution < 1.29 is 35.9 Å². The van der Waals surface area contributed by atoms with Gasteiger partial charge in [0.15, 0.2) is 0 Å². The molecular formula is C21H20F6N2O2. The molecule has 3 N–H and O–H groups in total. The van der Waals surface area contributed by atoms with Gasteiger partial charge in [0.05, 0.1) is 35.9 Å². The number of carbonyl (C=O) groups excluding carboxylic acids is 1. The third kappa shape index (κ3) is 5.37. The highest BCUT2D eigenvalue weighted by Gasteiger charge is 2.40. The molecule has 2 unspecified atom stereocenters. The summed E-state index contributed by atoms with van der Waals surface area (Å²) in [5, 5.41) is 2.80. The zero-order chi connectivity index (χ0) is 22.9. The molecule has 0 saturated carbocycles. The van der Waals surface area contributed by atoms with Gasteiger partial charge in [0.1, 0.15) is 0 Å². The number of amides is 1. The van der Waals surface area contributed by atoms with E-state index in [1.807, 2.05) is 0 Å². The van der Waals surface area contributed by atoms with E-state index in [1.54, 1.807) is 30.3 Å². The molecule has 1 fully saturated rings. The second-order valence-electron chi connectivity index (χ2n) is 7.49. The van der Waals surface area contributed by atoms with Crippen LogP contribution < -0.4 is 11.1 Å². The van der Waals surface area contributed by atoms with Gasteiger partial charge in [-0.15, -0.1) is 0 Å². The number of carbonyl (C=O) groups is 1. The van der Waals surface area contributed by atoms with Crippen LogP contribution in [0.25, 0.3) is 0 Å². The third-order valence-corrected chi connectivity index (χ3v) is 5.17. The first kappa shape index (κ1) is 23.1. The molecule has 2 atom stereocenters. The fraction of sp³-hybridized carbons (Fsp3) is 0.381. The second-order valence-corrected chi connectivity index (χ2v) is 7.49. The number of benzene rings is 2. The molecule has 4 nitrogen and oxygen atoms in total. The van der Waals surface area contributed by atoms with Crippen LogP contribution in [-0.2, 0) is 34.0 Å². The lowest BCUT2D eigenvalue weighted by molar-refractivity contribution is -0.143. The van der Waals surface area contributed by atoms with Crippen molar-refractivity contribution in [3.8, 4) is 0 Å². The predicted molar refractivity (Wildman–Crippen MR) is 99.6 cm³/mol. The second kappa shape index (κ2) is 8.51. The molecule has 3 rings (SSSR count). The number of piperidine rings is 1. The smallest absolute Gasteiger partial charge is 0.374 e. The Morgan fingerprint density at radius 2 is 1.58 bits per heavy atom. The standard InChI is InChI=1S/C21H20F6N2O2/c22-20(23,24)15-8-13(9-16(10-15)21(25,26)27)11-31-12-19(14-4-2-1-3-5-14)7-6-17(28)18(30)29-19/h1-5,8-10,17H,6-7,11-12,28H2,(H,29,30). The highest BCUT2D eigenvalue weighted by Crippen LogP contribution is 2.37. The van der Waals surface area contributed by atoms with E-state index in [1.165, 1.54) is 0 Å². The maximum absolute atomic E-state index is 13.0. The average Bonchev–Trinajstić information content (AvgIpc) is 2.70. The first-order valence-corrected chi connectivity index (χ1v) is 9.40. The molecular weight excluding hydrogens is 426 g/mol. The summed E-state index contributed by atoms with van der Waals surface area (Å²) in [5.74, 6) is -0.405. The van der Waals surface area contributed by atoms with Gasteiger partial charge in [-0.05, 0) is 42.2 Å². The van der Waals surface area contributed by atoms with Gasteiger partial charge in [-0.1, -0.05) is 30.3 Å². The number of alkyl halides is 6. The largest absolute Gasteiger partial charge is 0.416 e. The molecule has 0 radical (unpaired) electrons. The van der Waals surface area contributed by atoms with Gasteiger partial charge in [-0.25, -0.2) is 0 Å². The minimum absolute atomic E-state index is 0.0672. The number of ether oxygens (including phenoxy) is 1. The van der Waals surface area contributed by atoms with Crippen LogP contribution in [0.1, 0.15) is 35.1 Å². The summed E-state index contributed by atoms with van der Waals surface area (Å²) in [7, 11) is 0. The normalized spacial score (nSPS) is 22.3. The van der Waals surface area contributed by atoms with E-state index < -0.39 is 47.6 Å². The Hall–Kier alpha value is -2.59. The van der Waals surface area contributed by atoms with Gasteiger partial charge in [0.25, 0.3) is 0 Å². The van der Waals surface area contributed by atoms with Crippen LogP contribution in [-0.4, -0.2) is 18.6 Å². The van der Waals surface area contributed by atoms with Gasteiger partial charge in [-0.3, -0.25) is 4.79 Å². The molecule has 10 heteroatoms. The van der Waals surface area contributed by atoms with E-state index in [0.717, 1.165) is 0 Å². The highest BCUT2D eigenvalue weighted by molar-refractivity contribution is 5.83. The quantitative estimate of drug-likeness (QED) is 0.671. The van der Waals surface area contributed by atoms with Crippen molar-refractivity contribution in [1.82, 2.24) is 5.32 Å². The Kier molecular flexibility index (Phi) is 6.33. The first-order valence-electron chi connectivity index (χ1n) is 9.40. The summed E-state index contributed by atoms with van der Waals surface area (Å²) in [6.07, 6.45) is -9.12. The monoisotopic (exact) mass is 446 g/mol. The van der Waals surface area contributed by atoms with Crippen LogP contribution in [0.4, 0.5) is 26.3 Å². The molecule has 0 spiro atoms. The van der Waals surface area contributed by atoms with Crippen LogP contribution >= 0.6 is 0 Å². The lowest BCUT2D eigenvalue weighted by Gasteiger charge is -2.40. The predicted octanol–water partition coefficient (Wildman–Crippen LogP) is 4.37. The molecule has 0 aliphatic carbocycles. The van der Waals surface area contributed by atoms with Crippen LogP contribution in [0.5, 0.6) is 0 Å². The van der Waals surface area contributed by atoms with E-state index in [9.17, 15) is 31.1 Å². The van der Waals surface area contributed by atoms with Gasteiger partial charge in [-0.2, -0.15) is 26.3 Å². The van der Waals surface area contributed by atoms with Crippen molar-refractivity contribution in [2.45, 2.75) is 43.4 Å². The lowest BCUT2D eigenvalue weighted by atomic mass is 9.81. The molecule has 2 aromatic carbocycles. The summed E-state index contributed by atoms with van der Waals surface area (Å²) in [5.41, 5.74) is 2.38. The topological polar surface area (TPSA) is 64.3 Å². The first-order chi connectivity index (χ1) is 14.4. The summed E-state index contributed by atoms with van der Waals surface area (Å²) >= 11 is 0. The van der Waals surface area contributed by atoms with Crippen molar-refractivity contribution >= 4 is 5.91 Å². The Balaban J connectivity index is 1.83. The van der Waals surface area contributed by atoms with E-state index in [0.29, 0.717) is 30.5 Å². The molecule has 1 aliphatic heterocycles. The SMILES string of the molecule is NC1CCC(COCc2cc(C(F)(F)F)cc(C(F)(F)F)c2)(c2ccccc2)NC1=O. The van der Waals surface area contributed by atoms with E-state index >= 15 is 0 Å². The van der Waals surface area contributed by atoms with Crippen LogP contribution in [0.2, 0.25) is 0 Å². The van der Waals surface area contributed by atoms with E-state index in [2.05, 4.69) is 5.32 Å². The lowest BCUT2D eigenvalue weighted by Crippen LogP contribution is -2.58. The average molecular weight is 446 g/mol. The Bertz CT molecular complexity index is 897. The summed E-state index contributed by atoms with van der Waals surface area (Å²) in [6.45, 7) is -0.642. The Labute approximate surface area is 174 Å². The zero-order valence-corrected chi connectivity index (χ0v) is 16.2. The van der Waals surface area contributed by atoms with Crippen molar-refractivity contribution in [3.63, 3.8) is 0 Å². The minimum atomic E-state index is -4.94. The third-order valence-electron chi connectivity index (χ3n) is 5.17. The molecule has 2 aromatic rings. The maximum Gasteiger partial charge on any atom is 0.416 e. The molecule has 0 bridgehead atoms. The van der Waals surface area contributed by atoms with Gasteiger partial charge in [0.2, 0.25) is 5.91 Å². The molecule has 1 saturated heterocycles. The Morgan fingerprint density at radius 3 is 2.10 bits per heavy atom. The zero-order valence-electron chi connectivity index (χ0n) is 16.2. The molecule has 1 heterocycles. The van der Waals surface area contributed by atoms with Crippen LogP contribution in [0, 0.1) is 0 Å². The number of hydrogen-bond acceptors (Lipinski definition) is 3. The molecule has 0 aromatic heterocycles. The van der Waals surface area contributed by atoms with E-state index in [-0.39, 0.29) is 18.2 Å². The highest BCUT2D eigenvalue weighted by atomic mass is 19.4. The van der Waals surface area contributed by atoms with E-state index in [4.69, 9.17) is 10.5 Å². The number of nitrogens with two attached hydrogens (primary N) is 1. The number of rotatable bonds is 5. The summed E-state index contributed by atoms with van der Waals surface area (Å²) < 4.78 is 83.8. The fourth-order valence-corrected chi connectivity index (χ4v) is 3.54. The van der Waals surface area contributed by atoms with Gasteiger partial charge in [0, 0.05) is 0 Å². The maximum atomic E-state index is 13.0. The van der Waals surface area contributed by atoms with Crippen LogP contribution in [0.15, 0.2) is 48.5 Å². The molecule has 1 aliphatic rings. The molecule has 1 amide bonds. The molecule has 168 valence electrons.